The van der Waals surface area contributed by atoms with E-state index < -0.39 is 0 Å². The zero-order chi connectivity index (χ0) is 13.3. The molecule has 0 aromatic heterocycles. The fourth-order valence-electron chi connectivity index (χ4n) is 4.48. The molecule has 1 heterocycles. The van der Waals surface area contributed by atoms with Crippen LogP contribution in [0.5, 0.6) is 0 Å². The van der Waals surface area contributed by atoms with E-state index in [9.17, 15) is 0 Å². The minimum atomic E-state index is 0.317. The van der Waals surface area contributed by atoms with Crippen molar-refractivity contribution >= 4 is 0 Å². The average molecular weight is 252 g/mol. The van der Waals surface area contributed by atoms with Gasteiger partial charge in [0.15, 0.2) is 0 Å². The second kappa shape index (κ2) is 5.50. The Bertz CT molecular complexity index is 276. The Morgan fingerprint density at radius 3 is 2.56 bits per heavy atom. The highest BCUT2D eigenvalue weighted by molar-refractivity contribution is 5.01. The highest BCUT2D eigenvalue weighted by atomic mass is 15.3. The van der Waals surface area contributed by atoms with E-state index in [1.807, 2.05) is 0 Å². The van der Waals surface area contributed by atoms with Gasteiger partial charge in [0.05, 0.1) is 0 Å². The predicted molar refractivity (Wildman–Crippen MR) is 78.5 cm³/mol. The predicted octanol–water partition coefficient (Wildman–Crippen LogP) is 3.26. The molecule has 0 aromatic carbocycles. The molecular weight excluding hydrogens is 220 g/mol. The average Bonchev–Trinajstić information content (AvgIpc) is 2.69. The number of nitrogens with two attached hydrogens (primary N) is 1. The fraction of sp³-hybridized carbons (Fsp3) is 1.00. The van der Waals surface area contributed by atoms with Gasteiger partial charge < -0.3 is 5.73 Å². The normalized spacial score (nSPS) is 42.7. The van der Waals surface area contributed by atoms with Crippen LogP contribution in [0.3, 0.4) is 0 Å². The summed E-state index contributed by atoms with van der Waals surface area (Å²) in [4.78, 5) is 2.77. The SMILES string of the molecule is CC1CC(C)N(C2(CN)CCCC(C(C)C)C2)C1. The molecule has 1 aliphatic heterocycles. The lowest BCUT2D eigenvalue weighted by molar-refractivity contribution is 0.0190. The molecule has 2 nitrogen and oxygen atoms in total. The van der Waals surface area contributed by atoms with Gasteiger partial charge in [0, 0.05) is 24.7 Å². The van der Waals surface area contributed by atoms with Crippen molar-refractivity contribution in [2.24, 2.45) is 23.5 Å². The van der Waals surface area contributed by atoms with Crippen LogP contribution in [0.1, 0.15) is 59.8 Å². The third kappa shape index (κ3) is 2.60. The molecule has 1 saturated carbocycles. The largest absolute Gasteiger partial charge is 0.329 e. The van der Waals surface area contributed by atoms with Crippen LogP contribution in [0, 0.1) is 17.8 Å². The van der Waals surface area contributed by atoms with Gasteiger partial charge in [-0.25, -0.2) is 0 Å². The zero-order valence-corrected chi connectivity index (χ0v) is 12.8. The summed E-state index contributed by atoms with van der Waals surface area (Å²) in [5.74, 6) is 2.54. The number of rotatable bonds is 3. The summed E-state index contributed by atoms with van der Waals surface area (Å²) >= 11 is 0. The second-order valence-corrected chi connectivity index (χ2v) is 7.37. The first-order valence-electron chi connectivity index (χ1n) is 7.95. The summed E-state index contributed by atoms with van der Waals surface area (Å²) in [7, 11) is 0. The molecule has 2 heteroatoms. The van der Waals surface area contributed by atoms with Gasteiger partial charge in [-0.2, -0.15) is 0 Å². The summed E-state index contributed by atoms with van der Waals surface area (Å²) < 4.78 is 0. The van der Waals surface area contributed by atoms with Crippen LogP contribution in [0.2, 0.25) is 0 Å². The molecule has 4 atom stereocenters. The van der Waals surface area contributed by atoms with Crippen molar-refractivity contribution in [3.8, 4) is 0 Å². The number of hydrogen-bond donors (Lipinski definition) is 1. The smallest absolute Gasteiger partial charge is 0.0337 e. The topological polar surface area (TPSA) is 29.3 Å². The Hall–Kier alpha value is -0.0800. The quantitative estimate of drug-likeness (QED) is 0.835. The minimum Gasteiger partial charge on any atom is -0.329 e. The lowest BCUT2D eigenvalue weighted by Crippen LogP contribution is -2.57. The van der Waals surface area contributed by atoms with Gasteiger partial charge in [0.1, 0.15) is 0 Å². The van der Waals surface area contributed by atoms with Crippen molar-refractivity contribution in [1.29, 1.82) is 0 Å². The first-order chi connectivity index (χ1) is 8.48. The summed E-state index contributed by atoms with van der Waals surface area (Å²) in [6.45, 7) is 11.7. The molecule has 0 spiro atoms. The van der Waals surface area contributed by atoms with Gasteiger partial charge in [0.2, 0.25) is 0 Å². The van der Waals surface area contributed by atoms with E-state index in [1.54, 1.807) is 0 Å². The van der Waals surface area contributed by atoms with Gasteiger partial charge in [-0.05, 0) is 43.9 Å². The highest BCUT2D eigenvalue weighted by Crippen LogP contribution is 2.43. The first kappa shape index (κ1) is 14.3. The van der Waals surface area contributed by atoms with E-state index in [4.69, 9.17) is 5.73 Å². The fourth-order valence-corrected chi connectivity index (χ4v) is 4.48. The van der Waals surface area contributed by atoms with E-state index >= 15 is 0 Å². The Morgan fingerprint density at radius 1 is 1.33 bits per heavy atom. The van der Waals surface area contributed by atoms with Crippen molar-refractivity contribution in [2.75, 3.05) is 13.1 Å². The van der Waals surface area contributed by atoms with Crippen LogP contribution in [0.25, 0.3) is 0 Å². The summed E-state index contributed by atoms with van der Waals surface area (Å²) in [6, 6.07) is 0.731. The third-order valence-electron chi connectivity index (χ3n) is 5.58. The number of nitrogens with zero attached hydrogens (tertiary/aromatic N) is 1. The van der Waals surface area contributed by atoms with Crippen molar-refractivity contribution in [3.05, 3.63) is 0 Å². The molecule has 0 bridgehead atoms. The number of hydrogen-bond acceptors (Lipinski definition) is 2. The maximum absolute atomic E-state index is 6.25. The highest BCUT2D eigenvalue weighted by Gasteiger charge is 2.45. The van der Waals surface area contributed by atoms with Crippen LogP contribution >= 0.6 is 0 Å². The summed E-state index contributed by atoms with van der Waals surface area (Å²) in [5, 5.41) is 0. The van der Waals surface area contributed by atoms with Crippen molar-refractivity contribution in [3.63, 3.8) is 0 Å². The second-order valence-electron chi connectivity index (χ2n) is 7.37. The monoisotopic (exact) mass is 252 g/mol. The van der Waals surface area contributed by atoms with Crippen LogP contribution in [0.15, 0.2) is 0 Å². The van der Waals surface area contributed by atoms with E-state index in [-0.39, 0.29) is 0 Å². The Morgan fingerprint density at radius 2 is 2.06 bits per heavy atom. The molecule has 2 rings (SSSR count). The van der Waals surface area contributed by atoms with E-state index in [1.165, 1.54) is 38.6 Å². The van der Waals surface area contributed by atoms with Gasteiger partial charge in [-0.3, -0.25) is 4.90 Å². The molecule has 0 radical (unpaired) electrons. The lowest BCUT2D eigenvalue weighted by atomic mass is 9.70. The molecule has 1 saturated heterocycles. The van der Waals surface area contributed by atoms with E-state index in [0.717, 1.165) is 30.3 Å². The molecule has 0 aromatic rings. The first-order valence-corrected chi connectivity index (χ1v) is 7.95. The zero-order valence-electron chi connectivity index (χ0n) is 12.8. The maximum atomic E-state index is 6.25. The Kier molecular flexibility index (Phi) is 4.38. The molecule has 4 unspecified atom stereocenters. The van der Waals surface area contributed by atoms with Gasteiger partial charge in [-0.1, -0.05) is 33.6 Å². The van der Waals surface area contributed by atoms with E-state index in [0.29, 0.717) is 5.54 Å². The molecule has 0 amide bonds. The summed E-state index contributed by atoms with van der Waals surface area (Å²) in [5.41, 5.74) is 6.56. The van der Waals surface area contributed by atoms with Crippen LogP contribution in [-0.4, -0.2) is 29.6 Å². The van der Waals surface area contributed by atoms with Crippen molar-refractivity contribution < 1.29 is 0 Å². The van der Waals surface area contributed by atoms with Gasteiger partial charge in [0.25, 0.3) is 0 Å². The van der Waals surface area contributed by atoms with Crippen LogP contribution in [0.4, 0.5) is 0 Å². The maximum Gasteiger partial charge on any atom is 0.0337 e. The van der Waals surface area contributed by atoms with Crippen LogP contribution < -0.4 is 5.73 Å². The molecular formula is C16H32N2. The number of likely N-dealkylation sites (tertiary alicyclic amines) is 1. The standard InChI is InChI=1S/C16H32N2/c1-12(2)15-6-5-7-16(9-15,11-17)18-10-13(3)8-14(18)4/h12-15H,5-11,17H2,1-4H3. The molecule has 1 aliphatic carbocycles. The molecule has 2 N–H and O–H groups in total. The third-order valence-corrected chi connectivity index (χ3v) is 5.58. The minimum absolute atomic E-state index is 0.317. The van der Waals surface area contributed by atoms with Gasteiger partial charge >= 0.3 is 0 Å². The Balaban J connectivity index is 2.14. The Labute approximate surface area is 113 Å². The van der Waals surface area contributed by atoms with Gasteiger partial charge in [-0.15, -0.1) is 0 Å². The van der Waals surface area contributed by atoms with Crippen molar-refractivity contribution in [1.82, 2.24) is 4.90 Å². The lowest BCUT2D eigenvalue weighted by Gasteiger charge is -2.49. The molecule has 2 aliphatic rings. The molecule has 2 fully saturated rings. The summed E-state index contributed by atoms with van der Waals surface area (Å²) in [6.07, 6.45) is 6.80. The molecule has 106 valence electrons. The van der Waals surface area contributed by atoms with E-state index in [2.05, 4.69) is 32.6 Å². The van der Waals surface area contributed by atoms with Crippen LogP contribution in [-0.2, 0) is 0 Å². The molecule has 18 heavy (non-hydrogen) atoms. The van der Waals surface area contributed by atoms with Crippen molar-refractivity contribution in [2.45, 2.75) is 71.4 Å².